The van der Waals surface area contributed by atoms with Gasteiger partial charge in [0.1, 0.15) is 6.04 Å². The third-order valence-corrected chi connectivity index (χ3v) is 6.54. The number of imide groups is 2. The van der Waals surface area contributed by atoms with Crippen LogP contribution < -0.4 is 10.2 Å². The van der Waals surface area contributed by atoms with E-state index in [4.69, 9.17) is 0 Å². The number of piperidine rings is 2. The fourth-order valence-electron chi connectivity index (χ4n) is 4.00. The Morgan fingerprint density at radius 1 is 1.00 bits per heavy atom. The molecule has 0 saturated carbocycles. The van der Waals surface area contributed by atoms with Gasteiger partial charge in [-0.3, -0.25) is 29.4 Å². The maximum Gasteiger partial charge on any atom is 0.262 e. The standard InChI is InChI=1S/C19H20BrN3O4/c20-10-11-5-7-22(8-6-11)12-1-2-13-14(9-12)19(27)23(18(13)26)15-3-4-16(24)21-17(15)25/h1-2,9,11,15H,3-8,10H2,(H,21,24,25)/t15-/m1/s1. The van der Waals surface area contributed by atoms with Crippen LogP contribution in [-0.2, 0) is 9.59 Å². The average Bonchev–Trinajstić information content (AvgIpc) is 2.92. The minimum Gasteiger partial charge on any atom is -0.371 e. The number of benzene rings is 1. The van der Waals surface area contributed by atoms with Gasteiger partial charge in [-0.05, 0) is 43.4 Å². The highest BCUT2D eigenvalue weighted by Gasteiger charge is 2.44. The fraction of sp³-hybridized carbons (Fsp3) is 0.474. The molecule has 3 aliphatic rings. The Kier molecular flexibility index (Phi) is 4.75. The number of nitrogens with zero attached hydrogens (tertiary/aromatic N) is 2. The summed E-state index contributed by atoms with van der Waals surface area (Å²) in [5.74, 6) is -1.21. The van der Waals surface area contributed by atoms with Crippen LogP contribution >= 0.6 is 15.9 Å². The Bertz CT molecular complexity index is 832. The van der Waals surface area contributed by atoms with Crippen LogP contribution in [0.2, 0.25) is 0 Å². The summed E-state index contributed by atoms with van der Waals surface area (Å²) < 4.78 is 0. The Morgan fingerprint density at radius 2 is 1.70 bits per heavy atom. The molecule has 7 nitrogen and oxygen atoms in total. The molecule has 2 saturated heterocycles. The Balaban J connectivity index is 1.57. The highest BCUT2D eigenvalue weighted by Crippen LogP contribution is 2.32. The first kappa shape index (κ1) is 18.2. The van der Waals surface area contributed by atoms with Gasteiger partial charge in [0.25, 0.3) is 11.8 Å². The van der Waals surface area contributed by atoms with Crippen LogP contribution in [0.5, 0.6) is 0 Å². The van der Waals surface area contributed by atoms with Crippen molar-refractivity contribution >= 4 is 45.2 Å². The van der Waals surface area contributed by atoms with Crippen LogP contribution in [0.25, 0.3) is 0 Å². The summed E-state index contributed by atoms with van der Waals surface area (Å²) in [6.07, 6.45) is 2.45. The van der Waals surface area contributed by atoms with Gasteiger partial charge < -0.3 is 4.90 Å². The van der Waals surface area contributed by atoms with Crippen molar-refractivity contribution in [1.29, 1.82) is 0 Å². The number of fused-ring (bicyclic) bond motifs is 1. The van der Waals surface area contributed by atoms with Crippen molar-refractivity contribution in [2.24, 2.45) is 5.92 Å². The summed E-state index contributed by atoms with van der Waals surface area (Å²) in [5.41, 5.74) is 1.58. The number of nitrogens with one attached hydrogen (secondary N) is 1. The molecular formula is C19H20BrN3O4. The van der Waals surface area contributed by atoms with Gasteiger partial charge in [0.15, 0.2) is 0 Å². The quantitative estimate of drug-likeness (QED) is 0.578. The zero-order valence-electron chi connectivity index (χ0n) is 14.7. The van der Waals surface area contributed by atoms with E-state index in [1.165, 1.54) is 0 Å². The molecule has 2 fully saturated rings. The Labute approximate surface area is 165 Å². The van der Waals surface area contributed by atoms with E-state index in [9.17, 15) is 19.2 Å². The summed E-state index contributed by atoms with van der Waals surface area (Å²) in [4.78, 5) is 52.3. The van der Waals surface area contributed by atoms with Gasteiger partial charge in [0, 0.05) is 30.5 Å². The van der Waals surface area contributed by atoms with Crippen LogP contribution in [0.1, 0.15) is 46.4 Å². The number of carbonyl (C=O) groups is 4. The van der Waals surface area contributed by atoms with Gasteiger partial charge in [-0.15, -0.1) is 0 Å². The molecule has 1 aromatic rings. The summed E-state index contributed by atoms with van der Waals surface area (Å²) in [5, 5.41) is 3.21. The third-order valence-electron chi connectivity index (χ3n) is 5.62. The molecule has 27 heavy (non-hydrogen) atoms. The zero-order chi connectivity index (χ0) is 19.1. The molecule has 8 heteroatoms. The second kappa shape index (κ2) is 7.07. The maximum absolute atomic E-state index is 12.9. The van der Waals surface area contributed by atoms with E-state index in [-0.39, 0.29) is 18.7 Å². The molecule has 0 aliphatic carbocycles. The SMILES string of the molecule is O=C1CC[C@@H](N2C(=O)c3ccc(N4CCC(CBr)CC4)cc3C2=O)C(=O)N1. The number of anilines is 1. The molecule has 1 atom stereocenters. The first-order chi connectivity index (χ1) is 13.0. The maximum atomic E-state index is 12.9. The van der Waals surface area contributed by atoms with Gasteiger partial charge in [-0.1, -0.05) is 15.9 Å². The predicted octanol–water partition coefficient (Wildman–Crippen LogP) is 1.70. The van der Waals surface area contributed by atoms with Gasteiger partial charge in [-0.2, -0.15) is 0 Å². The molecule has 1 aromatic carbocycles. The summed E-state index contributed by atoms with van der Waals surface area (Å²) >= 11 is 3.54. The second-order valence-electron chi connectivity index (χ2n) is 7.26. The summed E-state index contributed by atoms with van der Waals surface area (Å²) in [6.45, 7) is 1.82. The molecule has 4 amide bonds. The first-order valence-electron chi connectivity index (χ1n) is 9.16. The molecular weight excluding hydrogens is 414 g/mol. The number of carbonyl (C=O) groups excluding carboxylic acids is 4. The van der Waals surface area contributed by atoms with Crippen molar-refractivity contribution in [2.75, 3.05) is 23.3 Å². The molecule has 3 aliphatic heterocycles. The van der Waals surface area contributed by atoms with Crippen molar-refractivity contribution in [3.05, 3.63) is 29.3 Å². The number of halogens is 1. The van der Waals surface area contributed by atoms with E-state index in [0.717, 1.165) is 41.8 Å². The third kappa shape index (κ3) is 3.16. The van der Waals surface area contributed by atoms with Crippen LogP contribution in [0, 0.1) is 5.92 Å². The van der Waals surface area contributed by atoms with Crippen molar-refractivity contribution < 1.29 is 19.2 Å². The number of rotatable bonds is 3. The van der Waals surface area contributed by atoms with Crippen molar-refractivity contribution in [1.82, 2.24) is 10.2 Å². The monoisotopic (exact) mass is 433 g/mol. The zero-order valence-corrected chi connectivity index (χ0v) is 16.3. The van der Waals surface area contributed by atoms with E-state index in [1.807, 2.05) is 6.07 Å². The molecule has 0 unspecified atom stereocenters. The normalized spacial score (nSPS) is 23.7. The molecule has 4 rings (SSSR count). The van der Waals surface area contributed by atoms with E-state index in [1.54, 1.807) is 12.1 Å². The lowest BCUT2D eigenvalue weighted by atomic mass is 9.98. The molecule has 0 spiro atoms. The summed E-state index contributed by atoms with van der Waals surface area (Å²) in [7, 11) is 0. The Morgan fingerprint density at radius 3 is 2.37 bits per heavy atom. The van der Waals surface area contributed by atoms with E-state index in [0.29, 0.717) is 17.0 Å². The minimum atomic E-state index is -0.923. The first-order valence-corrected chi connectivity index (χ1v) is 10.3. The summed E-state index contributed by atoms with van der Waals surface area (Å²) in [6, 6.07) is 4.38. The lowest BCUT2D eigenvalue weighted by Gasteiger charge is -2.33. The highest BCUT2D eigenvalue weighted by atomic mass is 79.9. The van der Waals surface area contributed by atoms with Crippen LogP contribution in [0.3, 0.4) is 0 Å². The van der Waals surface area contributed by atoms with E-state index < -0.39 is 23.8 Å². The molecule has 1 N–H and O–H groups in total. The molecule has 0 radical (unpaired) electrons. The van der Waals surface area contributed by atoms with Gasteiger partial charge >= 0.3 is 0 Å². The van der Waals surface area contributed by atoms with Gasteiger partial charge in [-0.25, -0.2) is 0 Å². The smallest absolute Gasteiger partial charge is 0.262 e. The molecule has 0 bridgehead atoms. The topological polar surface area (TPSA) is 86.8 Å². The van der Waals surface area contributed by atoms with Crippen molar-refractivity contribution in [3.8, 4) is 0 Å². The largest absolute Gasteiger partial charge is 0.371 e. The highest BCUT2D eigenvalue weighted by molar-refractivity contribution is 9.09. The lowest BCUT2D eigenvalue weighted by molar-refractivity contribution is -0.136. The number of hydrogen-bond donors (Lipinski definition) is 1. The van der Waals surface area contributed by atoms with Crippen LogP contribution in [-0.4, -0.2) is 53.0 Å². The van der Waals surface area contributed by atoms with Gasteiger partial charge in [0.05, 0.1) is 11.1 Å². The number of amides is 4. The van der Waals surface area contributed by atoms with E-state index in [2.05, 4.69) is 26.1 Å². The van der Waals surface area contributed by atoms with Crippen molar-refractivity contribution in [3.63, 3.8) is 0 Å². The Hall–Kier alpha value is -2.22. The fourth-order valence-corrected chi connectivity index (χ4v) is 4.65. The predicted molar refractivity (Wildman–Crippen MR) is 102 cm³/mol. The van der Waals surface area contributed by atoms with Gasteiger partial charge in [0.2, 0.25) is 11.8 Å². The minimum absolute atomic E-state index is 0.123. The second-order valence-corrected chi connectivity index (χ2v) is 7.91. The molecule has 142 valence electrons. The van der Waals surface area contributed by atoms with E-state index >= 15 is 0 Å². The van der Waals surface area contributed by atoms with Crippen molar-refractivity contribution in [2.45, 2.75) is 31.7 Å². The number of alkyl halides is 1. The average molecular weight is 434 g/mol. The van der Waals surface area contributed by atoms with Crippen LogP contribution in [0.15, 0.2) is 18.2 Å². The number of hydrogen-bond acceptors (Lipinski definition) is 5. The van der Waals surface area contributed by atoms with Crippen LogP contribution in [0.4, 0.5) is 5.69 Å². The molecule has 0 aromatic heterocycles. The lowest BCUT2D eigenvalue weighted by Crippen LogP contribution is -2.54. The molecule has 3 heterocycles.